The van der Waals surface area contributed by atoms with E-state index in [4.69, 9.17) is 26.8 Å². The van der Waals surface area contributed by atoms with E-state index < -0.39 is 43.2 Å². The van der Waals surface area contributed by atoms with Crippen LogP contribution in [0.15, 0.2) is 36.4 Å². The maximum Gasteiger partial charge on any atom is 0.248 e. The highest BCUT2D eigenvalue weighted by Gasteiger charge is 2.50. The molecule has 14 heteroatoms. The van der Waals surface area contributed by atoms with Crippen molar-refractivity contribution in [2.75, 3.05) is 57.7 Å². The molecule has 2 aromatic carbocycles. The number of nitrogens with zero attached hydrogens (tertiary/aromatic N) is 2. The average Bonchev–Trinajstić information content (AvgIpc) is 3.21. The molecular formula is C37H54ClN3O8S2. The molecule has 0 aromatic heterocycles. The zero-order valence-corrected chi connectivity index (χ0v) is 32.7. The van der Waals surface area contributed by atoms with Gasteiger partial charge in [-0.3, -0.25) is 4.79 Å². The summed E-state index contributed by atoms with van der Waals surface area (Å²) in [5.41, 5.74) is 7.34. The summed E-state index contributed by atoms with van der Waals surface area (Å²) in [6, 6.07) is 11.3. The molecule has 11 nitrogen and oxygen atoms in total. The molecule has 6 atom stereocenters. The largest absolute Gasteiger partial charge is 0.490 e. The van der Waals surface area contributed by atoms with Crippen LogP contribution in [0.1, 0.15) is 80.3 Å². The Kier molecular flexibility index (Phi) is 12.7. The Morgan fingerprint density at radius 3 is 2.67 bits per heavy atom. The third-order valence-corrected chi connectivity index (χ3v) is 15.2. The number of hydrogen-bond acceptors (Lipinski definition) is 9. The van der Waals surface area contributed by atoms with E-state index in [1.54, 1.807) is 25.1 Å². The van der Waals surface area contributed by atoms with Crippen molar-refractivity contribution in [3.63, 3.8) is 0 Å². The highest BCUT2D eigenvalue weighted by molar-refractivity contribution is 7.89. The van der Waals surface area contributed by atoms with Gasteiger partial charge in [-0.25, -0.2) is 21.1 Å². The smallest absolute Gasteiger partial charge is 0.248 e. The van der Waals surface area contributed by atoms with Gasteiger partial charge in [0.05, 0.1) is 35.5 Å². The molecule has 3 aliphatic rings. The van der Waals surface area contributed by atoms with Crippen LogP contribution in [0.5, 0.6) is 5.75 Å². The summed E-state index contributed by atoms with van der Waals surface area (Å²) in [5, 5.41) is 12.7. The number of methoxy groups -OCH3 is 1. The number of thiol groups is 1. The zero-order chi connectivity index (χ0) is 37.1. The maximum absolute atomic E-state index is 13.7. The number of anilines is 1. The van der Waals surface area contributed by atoms with Crippen LogP contribution in [0.25, 0.3) is 0 Å². The number of fused-ring (bicyclic) bond motifs is 3. The molecule has 0 bridgehead atoms. The minimum Gasteiger partial charge on any atom is -0.490 e. The maximum atomic E-state index is 13.7. The fourth-order valence-corrected chi connectivity index (χ4v) is 10.7. The number of aryl methyl sites for hydroxylation is 1. The molecule has 5 rings (SSSR count). The Morgan fingerprint density at radius 1 is 1.24 bits per heavy atom. The fourth-order valence-electron chi connectivity index (χ4n) is 8.37. The van der Waals surface area contributed by atoms with Crippen molar-refractivity contribution in [1.82, 2.24) is 4.31 Å². The van der Waals surface area contributed by atoms with E-state index in [-0.39, 0.29) is 42.7 Å². The lowest BCUT2D eigenvalue weighted by atomic mass is 9.63. The molecule has 1 amide bonds. The zero-order valence-electron chi connectivity index (χ0n) is 30.2. The summed E-state index contributed by atoms with van der Waals surface area (Å²) in [5.74, 6) is -0.858. The number of carbonyl (C=O) groups is 1. The molecule has 3 N–H and O–H groups in total. The molecular weight excluding hydrogens is 714 g/mol. The van der Waals surface area contributed by atoms with E-state index in [0.29, 0.717) is 55.3 Å². The van der Waals surface area contributed by atoms with Gasteiger partial charge in [-0.15, -0.1) is 0 Å². The van der Waals surface area contributed by atoms with Crippen LogP contribution < -0.4 is 15.4 Å². The normalized spacial score (nSPS) is 24.2. The van der Waals surface area contributed by atoms with E-state index in [9.17, 15) is 26.7 Å². The third-order valence-electron chi connectivity index (χ3n) is 11.8. The van der Waals surface area contributed by atoms with Gasteiger partial charge in [-0.2, -0.15) is 0 Å². The van der Waals surface area contributed by atoms with E-state index in [2.05, 4.69) is 11.0 Å². The van der Waals surface area contributed by atoms with Crippen LogP contribution in [0.3, 0.4) is 0 Å². The first kappa shape index (κ1) is 39.8. The van der Waals surface area contributed by atoms with Crippen LogP contribution in [0.2, 0.25) is 5.02 Å². The van der Waals surface area contributed by atoms with E-state index in [1.165, 1.54) is 29.6 Å². The van der Waals surface area contributed by atoms with Crippen LogP contribution in [0.4, 0.5) is 5.69 Å². The summed E-state index contributed by atoms with van der Waals surface area (Å²) in [7, 11) is -3.44. The minimum absolute atomic E-state index is 0.0598. The van der Waals surface area contributed by atoms with E-state index in [0.717, 1.165) is 31.4 Å². The summed E-state index contributed by atoms with van der Waals surface area (Å²) in [6.07, 6.45) is 5.47. The van der Waals surface area contributed by atoms with Crippen molar-refractivity contribution in [3.05, 3.63) is 58.1 Å². The second kappa shape index (κ2) is 16.3. The van der Waals surface area contributed by atoms with Gasteiger partial charge < -0.3 is 25.2 Å². The Morgan fingerprint density at radius 2 is 2.00 bits per heavy atom. The van der Waals surface area contributed by atoms with E-state index >= 15 is 0 Å². The first-order valence-corrected chi connectivity index (χ1v) is 21.2. The Hall–Kier alpha value is -2.42. The molecule has 1 spiro atoms. The molecule has 0 saturated heterocycles. The molecule has 1 fully saturated rings. The van der Waals surface area contributed by atoms with Gasteiger partial charge in [0.25, 0.3) is 0 Å². The first-order valence-electron chi connectivity index (χ1n) is 18.0. The van der Waals surface area contributed by atoms with Crippen LogP contribution in [-0.2, 0) is 37.3 Å². The summed E-state index contributed by atoms with van der Waals surface area (Å²) in [6.45, 7) is 5.50. The number of nitrogens with two attached hydrogens (primary N) is 1. The number of amides is 1. The summed E-state index contributed by atoms with van der Waals surface area (Å²) >= 11 is 6.42. The number of likely N-dealkylation sites (N-methyl/N-ethyl adjacent to an activating group) is 1. The van der Waals surface area contributed by atoms with Gasteiger partial charge in [0, 0.05) is 49.8 Å². The second-order valence-corrected chi connectivity index (χ2v) is 19.1. The molecule has 0 unspecified atom stereocenters. The van der Waals surface area contributed by atoms with Crippen LogP contribution >= 0.6 is 11.6 Å². The quantitative estimate of drug-likeness (QED) is 0.211. The van der Waals surface area contributed by atoms with Crippen molar-refractivity contribution in [2.24, 2.45) is 23.5 Å². The van der Waals surface area contributed by atoms with Gasteiger partial charge in [-0.1, -0.05) is 31.0 Å². The number of benzene rings is 2. The lowest BCUT2D eigenvalue weighted by Crippen LogP contribution is -2.56. The number of halogens is 1. The van der Waals surface area contributed by atoms with Crippen LogP contribution in [-0.4, -0.2) is 95.8 Å². The lowest BCUT2D eigenvalue weighted by molar-refractivity contribution is -0.0724. The molecule has 0 radical (unpaired) electrons. The van der Waals surface area contributed by atoms with Gasteiger partial charge >= 0.3 is 0 Å². The summed E-state index contributed by atoms with van der Waals surface area (Å²) in [4.78, 5) is 14.6. The minimum atomic E-state index is -3.87. The lowest BCUT2D eigenvalue weighted by Gasteiger charge is -2.50. The molecule has 2 aromatic rings. The average molecular weight is 768 g/mol. The Balaban J connectivity index is 1.47. The number of hydrogen-bond donors (Lipinski definition) is 3. The van der Waals surface area contributed by atoms with Gasteiger partial charge in [0.1, 0.15) is 16.5 Å². The monoisotopic (exact) mass is 767 g/mol. The predicted octanol–water partition coefficient (Wildman–Crippen LogP) is 4.38. The Labute approximate surface area is 309 Å². The number of rotatable bonds is 16. The van der Waals surface area contributed by atoms with Crippen molar-refractivity contribution < 1.29 is 36.2 Å². The van der Waals surface area contributed by atoms with Crippen molar-refractivity contribution in [3.8, 4) is 5.75 Å². The number of sulfonamides is 1. The standard InChI is InChI=1S/C37H54ClN3O8S2/c1-25(26(2)50(44)45)7-5-16-37(43,24-51(46,47)40(3)17-18-48-4)32-12-9-29(32)21-41-22-36(15-6-8-27-19-30(38)11-13-31(27)36)23-49-34-14-10-28(35(39)42)20-33(34)41/h10-11,13-14,19-20,25-26,29,32,43,50H,5-9,12,15-18,21-24H2,1-4H3,(H2,39,42)/t25-,26+,29-,32+,36-,37-/m0/s1. The SMILES string of the molecule is COCCN(C)S(=O)(=O)C[C@@](O)(CCC[C@H](C)[C@@H](C)[SH](=O)=O)[C@@H]1CC[C@H]1CN1C[C@@]2(CCCc3cc(Cl)ccc32)COc2ccc(C(N)=O)cc21. The second-order valence-electron chi connectivity index (χ2n) is 15.2. The molecule has 51 heavy (non-hydrogen) atoms. The predicted molar refractivity (Wildman–Crippen MR) is 201 cm³/mol. The number of aliphatic hydroxyl groups is 1. The number of carbonyl (C=O) groups excluding carboxylic acids is 1. The van der Waals surface area contributed by atoms with Crippen molar-refractivity contribution >= 4 is 43.9 Å². The molecule has 1 saturated carbocycles. The van der Waals surface area contributed by atoms with Gasteiger partial charge in [0.2, 0.25) is 15.9 Å². The Bertz CT molecular complexity index is 1750. The number of ether oxygens (including phenoxy) is 2. The van der Waals surface area contributed by atoms with Crippen molar-refractivity contribution in [1.29, 1.82) is 0 Å². The van der Waals surface area contributed by atoms with Crippen LogP contribution in [0, 0.1) is 17.8 Å². The summed E-state index contributed by atoms with van der Waals surface area (Å²) < 4.78 is 63.6. The highest BCUT2D eigenvalue weighted by atomic mass is 35.5. The molecule has 1 aliphatic heterocycles. The van der Waals surface area contributed by atoms with Gasteiger partial charge in [-0.05, 0) is 111 Å². The molecule has 284 valence electrons. The van der Waals surface area contributed by atoms with E-state index in [1.807, 2.05) is 19.1 Å². The number of primary amides is 1. The molecule has 1 heterocycles. The first-order chi connectivity index (χ1) is 24.1. The topological polar surface area (TPSA) is 157 Å². The molecule has 2 aliphatic carbocycles. The fraction of sp³-hybridized carbons (Fsp3) is 0.649. The van der Waals surface area contributed by atoms with Gasteiger partial charge in [0.15, 0.2) is 0 Å². The third kappa shape index (κ3) is 8.87. The van der Waals surface area contributed by atoms with Crippen molar-refractivity contribution in [2.45, 2.75) is 81.5 Å². The highest BCUT2D eigenvalue weighted by Crippen LogP contribution is 2.49.